The van der Waals surface area contributed by atoms with Gasteiger partial charge in [0, 0.05) is 23.7 Å². The summed E-state index contributed by atoms with van der Waals surface area (Å²) in [5, 5.41) is 16.2. The number of carbonyl (C=O) groups is 2. The number of carbonyl (C=O) groups excluding carboxylic acids is 2. The molecular weight excluding hydrogens is 326 g/mol. The van der Waals surface area contributed by atoms with Crippen molar-refractivity contribution < 1.29 is 19.2 Å². The number of hydrogen-bond donors (Lipinski definition) is 2. The molecule has 2 N–H and O–H groups in total. The van der Waals surface area contributed by atoms with E-state index in [1.54, 1.807) is 41.5 Å². The van der Waals surface area contributed by atoms with Crippen molar-refractivity contribution in [2.75, 3.05) is 6.54 Å². The predicted molar refractivity (Wildman–Crippen MR) is 93.6 cm³/mol. The molecule has 1 rings (SSSR count). The van der Waals surface area contributed by atoms with Crippen molar-refractivity contribution in [2.24, 2.45) is 0 Å². The van der Waals surface area contributed by atoms with Gasteiger partial charge in [0.2, 0.25) is 0 Å². The van der Waals surface area contributed by atoms with E-state index in [4.69, 9.17) is 4.74 Å². The summed E-state index contributed by atoms with van der Waals surface area (Å²) >= 11 is 0. The van der Waals surface area contributed by atoms with Crippen LogP contribution < -0.4 is 10.6 Å². The Kier molecular flexibility index (Phi) is 6.12. The molecule has 0 aliphatic carbocycles. The van der Waals surface area contributed by atoms with E-state index in [1.807, 2.05) is 0 Å². The topological polar surface area (TPSA) is 111 Å². The predicted octanol–water partition coefficient (Wildman–Crippen LogP) is 2.94. The Morgan fingerprint density at radius 2 is 1.80 bits per heavy atom. The van der Waals surface area contributed by atoms with Crippen LogP contribution in [-0.2, 0) is 4.74 Å². The fourth-order valence-electron chi connectivity index (χ4n) is 2.03. The molecule has 0 aliphatic rings. The minimum absolute atomic E-state index is 0.0394. The molecule has 0 saturated carbocycles. The maximum Gasteiger partial charge on any atom is 0.407 e. The zero-order valence-corrected chi connectivity index (χ0v) is 15.4. The largest absolute Gasteiger partial charge is 0.444 e. The molecule has 8 heteroatoms. The molecule has 8 nitrogen and oxygen atoms in total. The molecule has 0 aliphatic heterocycles. The van der Waals surface area contributed by atoms with Crippen molar-refractivity contribution in [2.45, 2.75) is 52.7 Å². The summed E-state index contributed by atoms with van der Waals surface area (Å²) in [6.07, 6.45) is -0.569. The van der Waals surface area contributed by atoms with E-state index >= 15 is 0 Å². The molecule has 2 amide bonds. The Morgan fingerprint density at radius 3 is 2.28 bits per heavy atom. The number of nitro groups is 1. The van der Waals surface area contributed by atoms with E-state index in [0.717, 1.165) is 0 Å². The second-order valence-corrected chi connectivity index (χ2v) is 7.45. The second kappa shape index (κ2) is 7.50. The fraction of sp³-hybridized carbons (Fsp3) is 0.529. The average Bonchev–Trinajstić information content (AvgIpc) is 2.42. The lowest BCUT2D eigenvalue weighted by Crippen LogP contribution is -2.52. The van der Waals surface area contributed by atoms with Gasteiger partial charge in [-0.25, -0.2) is 4.79 Å². The van der Waals surface area contributed by atoms with E-state index in [2.05, 4.69) is 10.6 Å². The van der Waals surface area contributed by atoms with E-state index in [1.165, 1.54) is 18.2 Å². The molecule has 0 unspecified atom stereocenters. The van der Waals surface area contributed by atoms with Crippen LogP contribution in [0.2, 0.25) is 0 Å². The van der Waals surface area contributed by atoms with E-state index in [-0.39, 0.29) is 18.1 Å². The lowest BCUT2D eigenvalue weighted by Gasteiger charge is -2.28. The zero-order chi connectivity index (χ0) is 19.4. The van der Waals surface area contributed by atoms with Gasteiger partial charge in [0.05, 0.1) is 10.5 Å². The van der Waals surface area contributed by atoms with Gasteiger partial charge in [-0.05, 0) is 53.7 Å². The van der Waals surface area contributed by atoms with Crippen LogP contribution in [0.4, 0.5) is 10.5 Å². The van der Waals surface area contributed by atoms with E-state index < -0.39 is 22.2 Å². The maximum atomic E-state index is 12.3. The molecule has 0 atom stereocenters. The monoisotopic (exact) mass is 351 g/mol. The minimum Gasteiger partial charge on any atom is -0.444 e. The number of nitrogens with zero attached hydrogens (tertiary/aromatic N) is 1. The molecule has 0 fully saturated rings. The van der Waals surface area contributed by atoms with Gasteiger partial charge in [0.1, 0.15) is 5.60 Å². The normalized spacial score (nSPS) is 11.6. The fourth-order valence-corrected chi connectivity index (χ4v) is 2.03. The number of aryl methyl sites for hydroxylation is 1. The van der Waals surface area contributed by atoms with Gasteiger partial charge >= 0.3 is 6.09 Å². The van der Waals surface area contributed by atoms with Crippen LogP contribution in [0.15, 0.2) is 18.2 Å². The van der Waals surface area contributed by atoms with E-state index in [0.29, 0.717) is 11.1 Å². The third-order valence-corrected chi connectivity index (χ3v) is 3.18. The third-order valence-electron chi connectivity index (χ3n) is 3.18. The van der Waals surface area contributed by atoms with Crippen molar-refractivity contribution in [3.63, 3.8) is 0 Å². The van der Waals surface area contributed by atoms with Gasteiger partial charge in [-0.2, -0.15) is 0 Å². The van der Waals surface area contributed by atoms with Gasteiger partial charge in [-0.1, -0.05) is 0 Å². The van der Waals surface area contributed by atoms with Gasteiger partial charge in [-0.3, -0.25) is 14.9 Å². The van der Waals surface area contributed by atoms with Crippen molar-refractivity contribution in [1.29, 1.82) is 0 Å². The van der Waals surface area contributed by atoms with Crippen molar-refractivity contribution in [3.8, 4) is 0 Å². The average molecular weight is 351 g/mol. The summed E-state index contributed by atoms with van der Waals surface area (Å²) in [6, 6.07) is 4.17. The Balaban J connectivity index is 2.70. The third kappa shape index (κ3) is 6.78. The van der Waals surface area contributed by atoms with Crippen LogP contribution in [0.25, 0.3) is 0 Å². The van der Waals surface area contributed by atoms with Crippen molar-refractivity contribution >= 4 is 17.7 Å². The zero-order valence-electron chi connectivity index (χ0n) is 15.4. The molecule has 1 aromatic carbocycles. The van der Waals surface area contributed by atoms with Crippen molar-refractivity contribution in [1.82, 2.24) is 10.6 Å². The first-order valence-corrected chi connectivity index (χ1v) is 7.85. The lowest BCUT2D eigenvalue weighted by molar-refractivity contribution is -0.385. The SMILES string of the molecule is Cc1cc(C(=O)NC(C)(C)CNC(=O)OC(C)(C)C)ccc1[N+](=O)[O-]. The summed E-state index contributed by atoms with van der Waals surface area (Å²) in [5.74, 6) is -0.381. The van der Waals surface area contributed by atoms with Crippen LogP contribution in [0.1, 0.15) is 50.5 Å². The van der Waals surface area contributed by atoms with E-state index in [9.17, 15) is 19.7 Å². The first-order chi connectivity index (χ1) is 11.3. The maximum absolute atomic E-state index is 12.3. The van der Waals surface area contributed by atoms with Crippen LogP contribution in [0, 0.1) is 17.0 Å². The number of nitro benzene ring substituents is 1. The quantitative estimate of drug-likeness (QED) is 0.626. The Hall–Kier alpha value is -2.64. The molecule has 1 aromatic rings. The van der Waals surface area contributed by atoms with Gasteiger partial charge < -0.3 is 15.4 Å². The smallest absolute Gasteiger partial charge is 0.407 e. The summed E-state index contributed by atoms with van der Waals surface area (Å²) in [5.41, 5.74) is -0.657. The number of alkyl carbamates (subject to hydrolysis) is 1. The highest BCUT2D eigenvalue weighted by molar-refractivity contribution is 5.95. The van der Waals surface area contributed by atoms with Crippen LogP contribution in [-0.4, -0.2) is 34.6 Å². The number of nitrogens with one attached hydrogen (secondary N) is 2. The number of hydrogen-bond acceptors (Lipinski definition) is 5. The molecule has 25 heavy (non-hydrogen) atoms. The first kappa shape index (κ1) is 20.4. The molecule has 138 valence electrons. The van der Waals surface area contributed by atoms with Crippen LogP contribution in [0.5, 0.6) is 0 Å². The number of rotatable bonds is 5. The molecule has 0 bridgehead atoms. The molecule has 0 saturated heterocycles. The first-order valence-electron chi connectivity index (χ1n) is 7.85. The highest BCUT2D eigenvalue weighted by Crippen LogP contribution is 2.19. The number of amides is 2. The minimum atomic E-state index is -0.732. The molecule has 0 aromatic heterocycles. The lowest BCUT2D eigenvalue weighted by atomic mass is 10.0. The summed E-state index contributed by atoms with van der Waals surface area (Å²) < 4.78 is 5.15. The molecule has 0 heterocycles. The number of benzene rings is 1. The van der Waals surface area contributed by atoms with Gasteiger partial charge in [0.25, 0.3) is 11.6 Å². The van der Waals surface area contributed by atoms with Crippen molar-refractivity contribution in [3.05, 3.63) is 39.4 Å². The van der Waals surface area contributed by atoms with Gasteiger partial charge in [-0.15, -0.1) is 0 Å². The Morgan fingerprint density at radius 1 is 1.20 bits per heavy atom. The highest BCUT2D eigenvalue weighted by Gasteiger charge is 2.24. The van der Waals surface area contributed by atoms with Crippen LogP contribution in [0.3, 0.4) is 0 Å². The molecular formula is C17H25N3O5. The Bertz CT molecular complexity index is 677. The second-order valence-electron chi connectivity index (χ2n) is 7.45. The summed E-state index contributed by atoms with van der Waals surface area (Å²) in [6.45, 7) is 10.5. The summed E-state index contributed by atoms with van der Waals surface area (Å²) in [4.78, 5) is 34.4. The summed E-state index contributed by atoms with van der Waals surface area (Å²) in [7, 11) is 0. The Labute approximate surface area is 147 Å². The highest BCUT2D eigenvalue weighted by atomic mass is 16.6. The molecule has 0 radical (unpaired) electrons. The number of ether oxygens (including phenoxy) is 1. The molecule has 0 spiro atoms. The standard InChI is InChI=1S/C17H25N3O5/c1-11-9-12(7-8-13(11)20(23)24)14(21)19-17(5,6)10-18-15(22)25-16(2,3)4/h7-9H,10H2,1-6H3,(H,18,22)(H,19,21). The van der Waals surface area contributed by atoms with Gasteiger partial charge in [0.15, 0.2) is 0 Å². The van der Waals surface area contributed by atoms with Crippen LogP contribution >= 0.6 is 0 Å².